The number of hydrogen-bond donors (Lipinski definition) is 3. The number of fused-ring (bicyclic) bond motifs is 3. The summed E-state index contributed by atoms with van der Waals surface area (Å²) >= 11 is 0. The van der Waals surface area contributed by atoms with Crippen LogP contribution in [-0.4, -0.2) is 109 Å². The van der Waals surface area contributed by atoms with Gasteiger partial charge in [-0.25, -0.2) is 24.5 Å². The van der Waals surface area contributed by atoms with E-state index in [-0.39, 0.29) is 43.0 Å². The van der Waals surface area contributed by atoms with Crippen LogP contribution in [0.5, 0.6) is 0 Å². The van der Waals surface area contributed by atoms with Crippen LogP contribution in [-0.2, 0) is 39.9 Å². The average Bonchev–Trinajstić information content (AvgIpc) is 3.74. The van der Waals surface area contributed by atoms with Gasteiger partial charge in [-0.3, -0.25) is 14.7 Å². The number of methoxy groups -OCH3 is 1. The Morgan fingerprint density at radius 1 is 1.16 bits per heavy atom. The Kier molecular flexibility index (Phi) is 7.71. The van der Waals surface area contributed by atoms with Crippen LogP contribution in [0.15, 0.2) is 43.0 Å². The number of imidazole rings is 1. The molecule has 7 atom stereocenters. The number of likely N-dealkylation sites (tertiary alicyclic amines) is 1. The third kappa shape index (κ3) is 4.66. The van der Waals surface area contributed by atoms with Gasteiger partial charge in [0.05, 0.1) is 19.5 Å². The molecule has 6 rings (SSSR count). The van der Waals surface area contributed by atoms with Crippen molar-refractivity contribution in [3.63, 3.8) is 0 Å². The predicted molar refractivity (Wildman–Crippen MR) is 147 cm³/mol. The number of aliphatic hydroxyl groups excluding tert-OH is 2. The molecule has 2 bridgehead atoms. The topological polar surface area (TPSA) is 197 Å². The first-order valence-electron chi connectivity index (χ1n) is 14.0. The number of rotatable bonds is 9. The molecule has 3 aliphatic heterocycles. The molecule has 44 heavy (non-hydrogen) atoms. The lowest BCUT2D eigenvalue weighted by molar-refractivity contribution is -0.181. The van der Waals surface area contributed by atoms with Crippen LogP contribution in [0.2, 0.25) is 0 Å². The molecule has 0 aliphatic carbocycles. The number of likely N-dealkylation sites (N-methyl/N-ethyl adjacent to an activating group) is 1. The number of benzene rings is 1. The smallest absolute Gasteiger partial charge is 0.413 e. The molecule has 2 amide bonds. The maximum absolute atomic E-state index is 13.3. The number of nitrogens with zero attached hydrogens (tertiary/aromatic N) is 5. The van der Waals surface area contributed by atoms with Crippen molar-refractivity contribution in [3.8, 4) is 0 Å². The molecule has 3 fully saturated rings. The molecule has 16 heteroatoms. The van der Waals surface area contributed by atoms with Gasteiger partial charge in [-0.2, -0.15) is 0 Å². The molecule has 5 heterocycles. The minimum atomic E-state index is -1.98. The molecule has 3 aromatic rings. The van der Waals surface area contributed by atoms with Crippen LogP contribution >= 0.6 is 0 Å². The molecule has 2 aromatic heterocycles. The third-order valence-electron chi connectivity index (χ3n) is 8.32. The quantitative estimate of drug-likeness (QED) is 0.223. The van der Waals surface area contributed by atoms with Crippen LogP contribution in [0.1, 0.15) is 31.6 Å². The second-order valence-corrected chi connectivity index (χ2v) is 10.8. The molecule has 3 N–H and O–H groups in total. The summed E-state index contributed by atoms with van der Waals surface area (Å²) < 4.78 is 29.6. The SMILES string of the molecule is CCO[C@H]1C[C@]2(C[C@H]3O[C@@H](n4cnc5c(NC(=O)OCc6ccccc6)ncnc54)[C@H](O)[C@@H]3O)O[C@@]1(C(=O)OC)C(=O)N2C. The zero-order valence-electron chi connectivity index (χ0n) is 24.2. The normalized spacial score (nSPS) is 31.1. The summed E-state index contributed by atoms with van der Waals surface area (Å²) in [6.07, 6.45) is -4.14. The first kappa shape index (κ1) is 29.8. The summed E-state index contributed by atoms with van der Waals surface area (Å²) in [7, 11) is 2.65. The number of anilines is 1. The summed E-state index contributed by atoms with van der Waals surface area (Å²) in [6, 6.07) is 9.16. The van der Waals surface area contributed by atoms with E-state index in [0.29, 0.717) is 0 Å². The van der Waals surface area contributed by atoms with Crippen LogP contribution in [0.3, 0.4) is 0 Å². The van der Waals surface area contributed by atoms with Gasteiger partial charge in [-0.1, -0.05) is 30.3 Å². The van der Waals surface area contributed by atoms with Crippen molar-refractivity contribution < 1.29 is 48.3 Å². The zero-order chi connectivity index (χ0) is 31.2. The second kappa shape index (κ2) is 11.4. The highest BCUT2D eigenvalue weighted by molar-refractivity contribution is 6.09. The van der Waals surface area contributed by atoms with Crippen molar-refractivity contribution >= 4 is 35.0 Å². The fraction of sp³-hybridized carbons (Fsp3) is 0.500. The number of carbonyl (C=O) groups is 3. The number of aromatic nitrogens is 4. The largest absolute Gasteiger partial charge is 0.466 e. The van der Waals surface area contributed by atoms with E-state index in [1.165, 1.54) is 29.2 Å². The molecule has 16 nitrogen and oxygen atoms in total. The van der Waals surface area contributed by atoms with Crippen molar-refractivity contribution in [2.45, 2.75) is 68.3 Å². The van der Waals surface area contributed by atoms with Crippen LogP contribution < -0.4 is 5.32 Å². The van der Waals surface area contributed by atoms with E-state index < -0.39 is 59.9 Å². The van der Waals surface area contributed by atoms with E-state index in [1.807, 2.05) is 30.3 Å². The number of aliphatic hydroxyl groups is 2. The minimum Gasteiger partial charge on any atom is -0.466 e. The van der Waals surface area contributed by atoms with Gasteiger partial charge in [0.2, 0.25) is 0 Å². The second-order valence-electron chi connectivity index (χ2n) is 10.8. The van der Waals surface area contributed by atoms with E-state index in [0.717, 1.165) is 12.7 Å². The number of piperidine rings is 1. The zero-order valence-corrected chi connectivity index (χ0v) is 24.2. The highest BCUT2D eigenvalue weighted by Crippen LogP contribution is 2.53. The molecule has 3 aliphatic rings. The van der Waals surface area contributed by atoms with Crippen LogP contribution in [0.25, 0.3) is 11.2 Å². The van der Waals surface area contributed by atoms with Gasteiger partial charge in [0.15, 0.2) is 28.9 Å². The maximum Gasteiger partial charge on any atom is 0.413 e. The standard InChI is InChI=1S/C28H32N6O10/c1-4-41-17-11-27(33(2)24(37)28(17,44-27)25(38)40-3)10-16-19(35)20(36)23(43-16)34-14-31-18-21(29-13-30-22(18)34)32-26(39)42-12-15-8-6-5-7-9-15/h5-9,13-14,16-17,19-20,23,35-36H,4,10-12H2,1-3H3,(H,29,30,32,39)/t16-,17+,19-,20-,23-,27+,28-/m1/s1. The monoisotopic (exact) mass is 612 g/mol. The first-order valence-corrected chi connectivity index (χ1v) is 14.0. The Bertz CT molecular complexity index is 1570. The third-order valence-corrected chi connectivity index (χ3v) is 8.32. The number of hydrogen-bond acceptors (Lipinski definition) is 13. The van der Waals surface area contributed by atoms with Gasteiger partial charge in [0.1, 0.15) is 31.2 Å². The Morgan fingerprint density at radius 2 is 1.93 bits per heavy atom. The van der Waals surface area contributed by atoms with E-state index >= 15 is 0 Å². The summed E-state index contributed by atoms with van der Waals surface area (Å²) in [5.74, 6) is -1.43. The van der Waals surface area contributed by atoms with Crippen molar-refractivity contribution in [1.82, 2.24) is 24.4 Å². The van der Waals surface area contributed by atoms with Crippen molar-refractivity contribution in [2.75, 3.05) is 26.1 Å². The van der Waals surface area contributed by atoms with E-state index in [4.69, 9.17) is 23.7 Å². The molecule has 0 radical (unpaired) electrons. The Hall–Kier alpha value is -4.22. The summed E-state index contributed by atoms with van der Waals surface area (Å²) in [4.78, 5) is 52.5. The number of ether oxygens (including phenoxy) is 5. The van der Waals surface area contributed by atoms with Crippen molar-refractivity contribution in [2.24, 2.45) is 0 Å². The fourth-order valence-corrected chi connectivity index (χ4v) is 6.14. The van der Waals surface area contributed by atoms with Gasteiger partial charge < -0.3 is 38.8 Å². The molecule has 0 unspecified atom stereocenters. The number of amides is 2. The van der Waals surface area contributed by atoms with Crippen LogP contribution in [0.4, 0.5) is 10.6 Å². The summed E-state index contributed by atoms with van der Waals surface area (Å²) in [5.41, 5.74) is -2.15. The molecule has 234 valence electrons. The predicted octanol–water partition coefficient (Wildman–Crippen LogP) is 0.490. The number of carbonyl (C=O) groups excluding carboxylic acids is 3. The number of nitrogens with one attached hydrogen (secondary N) is 1. The van der Waals surface area contributed by atoms with Gasteiger partial charge in [0, 0.05) is 26.5 Å². The van der Waals surface area contributed by atoms with Gasteiger partial charge >= 0.3 is 12.1 Å². The van der Waals surface area contributed by atoms with E-state index in [9.17, 15) is 24.6 Å². The molecule has 1 aromatic carbocycles. The molecular weight excluding hydrogens is 580 g/mol. The van der Waals surface area contributed by atoms with Crippen molar-refractivity contribution in [3.05, 3.63) is 48.5 Å². The highest BCUT2D eigenvalue weighted by atomic mass is 16.6. The first-order chi connectivity index (χ1) is 21.1. The molecular formula is C28H32N6O10. The molecule has 0 spiro atoms. The maximum atomic E-state index is 13.3. The lowest BCUT2D eigenvalue weighted by Crippen LogP contribution is -2.60. The summed E-state index contributed by atoms with van der Waals surface area (Å²) in [5, 5.41) is 24.7. The average molecular weight is 613 g/mol. The highest BCUT2D eigenvalue weighted by Gasteiger charge is 2.75. The molecule has 0 saturated carbocycles. The lowest BCUT2D eigenvalue weighted by Gasteiger charge is -2.37. The number of esters is 1. The summed E-state index contributed by atoms with van der Waals surface area (Å²) in [6.45, 7) is 2.01. The van der Waals surface area contributed by atoms with Gasteiger partial charge in [-0.15, -0.1) is 0 Å². The van der Waals surface area contributed by atoms with Crippen molar-refractivity contribution in [1.29, 1.82) is 0 Å². The molecule has 3 saturated heterocycles. The lowest BCUT2D eigenvalue weighted by atomic mass is 9.86. The minimum absolute atomic E-state index is 0.0504. The van der Waals surface area contributed by atoms with Gasteiger partial charge in [0.25, 0.3) is 11.5 Å². The van der Waals surface area contributed by atoms with Crippen LogP contribution in [0, 0.1) is 0 Å². The Balaban J connectivity index is 1.20. The fourth-order valence-electron chi connectivity index (χ4n) is 6.14. The van der Waals surface area contributed by atoms with E-state index in [1.54, 1.807) is 6.92 Å². The Labute approximate surface area is 250 Å². The Morgan fingerprint density at radius 3 is 2.66 bits per heavy atom. The van der Waals surface area contributed by atoms with Gasteiger partial charge in [-0.05, 0) is 12.5 Å². The van der Waals surface area contributed by atoms with E-state index in [2.05, 4.69) is 20.3 Å².